The summed E-state index contributed by atoms with van der Waals surface area (Å²) in [7, 11) is -3.49. The van der Waals surface area contributed by atoms with Crippen LogP contribution in [0.25, 0.3) is 17.2 Å². The maximum absolute atomic E-state index is 13.4. The standard InChI is InChI=1S/C23H26FNO3S/c1-29(26,27)28-23-14-17-5-2-3-8-21(17)22(23)12-11-20-10-9-18(15-25-20)16-6-4-7-19(24)13-16/h4,6-7,9-13,15,17,21-23H,2-3,5,8,14H2,1H3. The molecule has 154 valence electrons. The summed E-state index contributed by atoms with van der Waals surface area (Å²) in [4.78, 5) is 4.48. The smallest absolute Gasteiger partial charge is 0.264 e. The van der Waals surface area contributed by atoms with E-state index in [4.69, 9.17) is 4.18 Å². The van der Waals surface area contributed by atoms with E-state index < -0.39 is 10.1 Å². The van der Waals surface area contributed by atoms with Crippen molar-refractivity contribution in [2.75, 3.05) is 6.26 Å². The first-order valence-corrected chi connectivity index (χ1v) is 12.0. The quantitative estimate of drug-likeness (QED) is 0.640. The van der Waals surface area contributed by atoms with Crippen LogP contribution in [0, 0.1) is 23.6 Å². The van der Waals surface area contributed by atoms with Crippen LogP contribution in [0.4, 0.5) is 4.39 Å². The van der Waals surface area contributed by atoms with Gasteiger partial charge >= 0.3 is 0 Å². The first-order valence-electron chi connectivity index (χ1n) is 10.2. The summed E-state index contributed by atoms with van der Waals surface area (Å²) < 4.78 is 42.3. The summed E-state index contributed by atoms with van der Waals surface area (Å²) in [6.07, 6.45) is 12.1. The predicted octanol–water partition coefficient (Wildman–Crippen LogP) is 5.07. The molecule has 1 heterocycles. The minimum atomic E-state index is -3.49. The van der Waals surface area contributed by atoms with Crippen LogP contribution < -0.4 is 0 Å². The van der Waals surface area contributed by atoms with Crippen molar-refractivity contribution < 1.29 is 17.0 Å². The Hall–Kier alpha value is -2.05. The van der Waals surface area contributed by atoms with E-state index in [0.29, 0.717) is 11.8 Å². The van der Waals surface area contributed by atoms with Crippen molar-refractivity contribution in [3.63, 3.8) is 0 Å². The van der Waals surface area contributed by atoms with E-state index in [-0.39, 0.29) is 17.8 Å². The van der Waals surface area contributed by atoms with Gasteiger partial charge in [-0.2, -0.15) is 8.42 Å². The number of nitrogens with zero attached hydrogens (tertiary/aromatic N) is 1. The highest BCUT2D eigenvalue weighted by Gasteiger charge is 2.44. The van der Waals surface area contributed by atoms with Crippen molar-refractivity contribution in [3.8, 4) is 11.1 Å². The lowest BCUT2D eigenvalue weighted by Gasteiger charge is -2.28. The van der Waals surface area contributed by atoms with E-state index >= 15 is 0 Å². The van der Waals surface area contributed by atoms with E-state index in [2.05, 4.69) is 11.1 Å². The number of pyridine rings is 1. The lowest BCUT2D eigenvalue weighted by molar-refractivity contribution is 0.173. The molecular weight excluding hydrogens is 389 g/mol. The summed E-state index contributed by atoms with van der Waals surface area (Å²) in [6.45, 7) is 0. The van der Waals surface area contributed by atoms with Gasteiger partial charge in [0.2, 0.25) is 0 Å². The minimum absolute atomic E-state index is 0.0831. The van der Waals surface area contributed by atoms with Gasteiger partial charge in [0.25, 0.3) is 10.1 Å². The molecule has 0 N–H and O–H groups in total. The number of aromatic nitrogens is 1. The molecule has 2 aliphatic rings. The molecule has 2 saturated carbocycles. The maximum Gasteiger partial charge on any atom is 0.264 e. The molecular formula is C23H26FNO3S. The predicted molar refractivity (Wildman–Crippen MR) is 112 cm³/mol. The Morgan fingerprint density at radius 2 is 1.97 bits per heavy atom. The molecule has 1 aromatic carbocycles. The average Bonchev–Trinajstić information content (AvgIpc) is 3.02. The molecule has 0 bridgehead atoms. The van der Waals surface area contributed by atoms with Crippen molar-refractivity contribution in [3.05, 3.63) is 60.2 Å². The van der Waals surface area contributed by atoms with Crippen molar-refractivity contribution in [2.24, 2.45) is 17.8 Å². The molecule has 4 rings (SSSR count). The van der Waals surface area contributed by atoms with E-state index in [1.54, 1.807) is 12.3 Å². The molecule has 4 atom stereocenters. The second kappa shape index (κ2) is 8.36. The molecule has 0 aliphatic heterocycles. The van der Waals surface area contributed by atoms with Crippen LogP contribution in [-0.4, -0.2) is 25.8 Å². The highest BCUT2D eigenvalue weighted by atomic mass is 32.2. The van der Waals surface area contributed by atoms with Gasteiger partial charge in [-0.1, -0.05) is 43.5 Å². The molecule has 0 spiro atoms. The number of halogens is 1. The summed E-state index contributed by atoms with van der Waals surface area (Å²) in [5, 5.41) is 0. The molecule has 2 fully saturated rings. The highest BCUT2D eigenvalue weighted by Crippen LogP contribution is 2.48. The van der Waals surface area contributed by atoms with Gasteiger partial charge in [0.05, 0.1) is 18.1 Å². The Balaban J connectivity index is 1.52. The van der Waals surface area contributed by atoms with Gasteiger partial charge in [-0.25, -0.2) is 4.39 Å². The van der Waals surface area contributed by atoms with Crippen LogP contribution in [0.5, 0.6) is 0 Å². The maximum atomic E-state index is 13.4. The van der Waals surface area contributed by atoms with Gasteiger partial charge in [-0.15, -0.1) is 0 Å². The van der Waals surface area contributed by atoms with Crippen molar-refractivity contribution >= 4 is 16.2 Å². The molecule has 6 heteroatoms. The first kappa shape index (κ1) is 20.2. The third-order valence-electron chi connectivity index (χ3n) is 6.16. The van der Waals surface area contributed by atoms with Gasteiger partial charge in [0, 0.05) is 17.7 Å². The Morgan fingerprint density at radius 1 is 1.14 bits per heavy atom. The lowest BCUT2D eigenvalue weighted by atomic mass is 9.78. The summed E-state index contributed by atoms with van der Waals surface area (Å²) in [5.41, 5.74) is 2.44. The number of rotatable bonds is 5. The first-order chi connectivity index (χ1) is 13.9. The SMILES string of the molecule is CS(=O)(=O)OC1CC2CCCCC2C1C=Cc1ccc(-c2cccc(F)c2)cn1. The van der Waals surface area contributed by atoms with E-state index in [9.17, 15) is 12.8 Å². The van der Waals surface area contributed by atoms with Gasteiger partial charge in [0.1, 0.15) is 5.82 Å². The zero-order chi connectivity index (χ0) is 20.4. The highest BCUT2D eigenvalue weighted by molar-refractivity contribution is 7.86. The van der Waals surface area contributed by atoms with Crippen molar-refractivity contribution in [1.82, 2.24) is 4.98 Å². The van der Waals surface area contributed by atoms with Gasteiger partial charge < -0.3 is 0 Å². The summed E-state index contributed by atoms with van der Waals surface area (Å²) in [5.74, 6) is 0.818. The summed E-state index contributed by atoms with van der Waals surface area (Å²) in [6, 6.07) is 10.3. The van der Waals surface area contributed by atoms with Crippen LogP contribution in [0.3, 0.4) is 0 Å². The molecule has 2 aliphatic carbocycles. The number of hydrogen-bond acceptors (Lipinski definition) is 4. The third-order valence-corrected chi connectivity index (χ3v) is 6.76. The molecule has 0 radical (unpaired) electrons. The Bertz CT molecular complexity index is 987. The average molecular weight is 416 g/mol. The fourth-order valence-corrected chi connectivity index (χ4v) is 5.57. The largest absolute Gasteiger partial charge is 0.266 e. The third kappa shape index (κ3) is 4.93. The van der Waals surface area contributed by atoms with Crippen LogP contribution in [0.2, 0.25) is 0 Å². The van der Waals surface area contributed by atoms with E-state index in [1.165, 1.54) is 25.0 Å². The second-order valence-electron chi connectivity index (χ2n) is 8.20. The second-order valence-corrected chi connectivity index (χ2v) is 9.80. The Kier molecular flexibility index (Phi) is 5.83. The van der Waals surface area contributed by atoms with E-state index in [0.717, 1.165) is 42.3 Å². The van der Waals surface area contributed by atoms with Crippen LogP contribution in [0.1, 0.15) is 37.8 Å². The fraction of sp³-hybridized carbons (Fsp3) is 0.435. The minimum Gasteiger partial charge on any atom is -0.266 e. The zero-order valence-corrected chi connectivity index (χ0v) is 17.3. The van der Waals surface area contributed by atoms with Crippen LogP contribution in [0.15, 0.2) is 48.7 Å². The molecule has 0 amide bonds. The summed E-state index contributed by atoms with van der Waals surface area (Å²) >= 11 is 0. The van der Waals surface area contributed by atoms with Crippen LogP contribution in [-0.2, 0) is 14.3 Å². The normalized spacial score (nSPS) is 27.2. The van der Waals surface area contributed by atoms with Crippen molar-refractivity contribution in [1.29, 1.82) is 0 Å². The fourth-order valence-electron chi connectivity index (χ4n) is 4.91. The number of fused-ring (bicyclic) bond motifs is 1. The number of hydrogen-bond donors (Lipinski definition) is 0. The molecule has 29 heavy (non-hydrogen) atoms. The number of benzene rings is 1. The van der Waals surface area contributed by atoms with Gasteiger partial charge in [-0.05, 0) is 54.5 Å². The van der Waals surface area contributed by atoms with E-state index in [1.807, 2.05) is 24.3 Å². The monoisotopic (exact) mass is 415 g/mol. The van der Waals surface area contributed by atoms with Gasteiger partial charge in [0.15, 0.2) is 0 Å². The molecule has 2 aromatic rings. The van der Waals surface area contributed by atoms with Crippen molar-refractivity contribution in [2.45, 2.75) is 38.2 Å². The zero-order valence-electron chi connectivity index (χ0n) is 16.5. The molecule has 0 saturated heterocycles. The molecule has 4 unspecified atom stereocenters. The molecule has 1 aromatic heterocycles. The molecule has 4 nitrogen and oxygen atoms in total. The Labute approximate surface area is 171 Å². The Morgan fingerprint density at radius 3 is 2.69 bits per heavy atom. The van der Waals surface area contributed by atoms with Gasteiger partial charge in [-0.3, -0.25) is 9.17 Å². The topological polar surface area (TPSA) is 56.3 Å². The lowest BCUT2D eigenvalue weighted by Crippen LogP contribution is -2.24. The van der Waals surface area contributed by atoms with Crippen LogP contribution >= 0.6 is 0 Å².